The molecule has 2 rings (SSSR count). The SMILES string of the molecule is CCC1=C(C#N)C(c2ccccc2Cl)/C(=C/N)C(N)=N1. The fraction of sp³-hybridized carbons (Fsp3) is 0.200. The van der Waals surface area contributed by atoms with Crippen LogP contribution in [-0.2, 0) is 0 Å². The largest absolute Gasteiger partial charge is 0.404 e. The van der Waals surface area contributed by atoms with E-state index in [1.807, 2.05) is 25.1 Å². The molecule has 0 saturated carbocycles. The summed E-state index contributed by atoms with van der Waals surface area (Å²) in [6, 6.07) is 9.60. The summed E-state index contributed by atoms with van der Waals surface area (Å²) in [5.74, 6) is -0.0144. The molecular weight excluding hydrogens is 272 g/mol. The molecule has 0 saturated heterocycles. The lowest BCUT2D eigenvalue weighted by Crippen LogP contribution is -2.26. The number of hydrogen-bond donors (Lipinski definition) is 2. The van der Waals surface area contributed by atoms with E-state index in [1.54, 1.807) is 6.07 Å². The van der Waals surface area contributed by atoms with Gasteiger partial charge in [-0.25, -0.2) is 4.99 Å². The number of amidine groups is 1. The predicted molar refractivity (Wildman–Crippen MR) is 81.0 cm³/mol. The Hall–Kier alpha value is -2.25. The summed E-state index contributed by atoms with van der Waals surface area (Å²) in [5, 5.41) is 10.1. The average molecular weight is 287 g/mol. The zero-order valence-corrected chi connectivity index (χ0v) is 11.9. The van der Waals surface area contributed by atoms with Crippen molar-refractivity contribution < 1.29 is 0 Å². The van der Waals surface area contributed by atoms with Crippen molar-refractivity contribution in [2.24, 2.45) is 16.5 Å². The summed E-state index contributed by atoms with van der Waals surface area (Å²) in [5.41, 5.74) is 14.3. The fourth-order valence-electron chi connectivity index (χ4n) is 2.35. The van der Waals surface area contributed by atoms with Crippen LogP contribution in [0.2, 0.25) is 5.02 Å². The molecule has 0 fully saturated rings. The molecule has 0 radical (unpaired) electrons. The van der Waals surface area contributed by atoms with Gasteiger partial charge in [0.1, 0.15) is 5.84 Å². The third-order valence-corrected chi connectivity index (χ3v) is 3.66. The van der Waals surface area contributed by atoms with E-state index in [1.165, 1.54) is 6.20 Å². The van der Waals surface area contributed by atoms with Crippen molar-refractivity contribution >= 4 is 17.4 Å². The molecule has 1 unspecified atom stereocenters. The van der Waals surface area contributed by atoms with Gasteiger partial charge in [0.05, 0.1) is 23.3 Å². The van der Waals surface area contributed by atoms with Crippen LogP contribution in [0.15, 0.2) is 52.3 Å². The number of halogens is 1. The van der Waals surface area contributed by atoms with Gasteiger partial charge >= 0.3 is 0 Å². The summed E-state index contributed by atoms with van der Waals surface area (Å²) in [4.78, 5) is 4.27. The Morgan fingerprint density at radius 1 is 1.45 bits per heavy atom. The number of nitrogens with two attached hydrogens (primary N) is 2. The van der Waals surface area contributed by atoms with Crippen molar-refractivity contribution in [1.29, 1.82) is 5.26 Å². The maximum Gasteiger partial charge on any atom is 0.129 e. The maximum absolute atomic E-state index is 9.49. The lowest BCUT2D eigenvalue weighted by atomic mass is 9.81. The van der Waals surface area contributed by atoms with Crippen molar-refractivity contribution in [2.45, 2.75) is 19.3 Å². The zero-order valence-electron chi connectivity index (χ0n) is 11.1. The minimum absolute atomic E-state index is 0.341. The van der Waals surface area contributed by atoms with E-state index in [-0.39, 0.29) is 5.92 Å². The van der Waals surface area contributed by atoms with E-state index in [0.717, 1.165) is 5.56 Å². The lowest BCUT2D eigenvalue weighted by molar-refractivity contribution is 0.897. The molecule has 0 aromatic heterocycles. The molecule has 5 heteroatoms. The van der Waals surface area contributed by atoms with Crippen LogP contribution in [0.4, 0.5) is 0 Å². The molecule has 1 aromatic carbocycles. The summed E-state index contributed by atoms with van der Waals surface area (Å²) in [6.45, 7) is 1.93. The van der Waals surface area contributed by atoms with Gasteiger partial charge in [-0.05, 0) is 18.1 Å². The molecule has 0 spiro atoms. The Balaban J connectivity index is 2.71. The normalized spacial score (nSPS) is 20.8. The van der Waals surface area contributed by atoms with Crippen LogP contribution >= 0.6 is 11.6 Å². The van der Waals surface area contributed by atoms with Crippen LogP contribution in [0.25, 0.3) is 0 Å². The van der Waals surface area contributed by atoms with Gasteiger partial charge in [0, 0.05) is 16.8 Å². The Labute approximate surface area is 123 Å². The Morgan fingerprint density at radius 3 is 2.70 bits per heavy atom. The summed E-state index contributed by atoms with van der Waals surface area (Å²) >= 11 is 6.26. The summed E-state index contributed by atoms with van der Waals surface area (Å²) in [7, 11) is 0. The van der Waals surface area contributed by atoms with Crippen molar-refractivity contribution in [1.82, 2.24) is 0 Å². The maximum atomic E-state index is 9.49. The molecule has 0 amide bonds. The molecule has 1 heterocycles. The standard InChI is InChI=1S/C15H15ClN4/c1-2-13-10(7-17)14(11(8-18)15(19)20-13)9-5-3-4-6-12(9)16/h3-6,8,14H,2,18H2,1H3,(H2,19,20)/b11-8-. The third kappa shape index (κ3) is 2.28. The van der Waals surface area contributed by atoms with Crippen LogP contribution in [0.1, 0.15) is 24.8 Å². The minimum atomic E-state index is -0.355. The van der Waals surface area contributed by atoms with Gasteiger partial charge in [-0.1, -0.05) is 36.7 Å². The quantitative estimate of drug-likeness (QED) is 0.876. The molecule has 1 aliphatic heterocycles. The van der Waals surface area contributed by atoms with Crippen LogP contribution in [0.3, 0.4) is 0 Å². The number of nitriles is 1. The second-order valence-electron chi connectivity index (χ2n) is 4.40. The zero-order chi connectivity index (χ0) is 14.7. The van der Waals surface area contributed by atoms with Crippen molar-refractivity contribution in [3.8, 4) is 6.07 Å². The second-order valence-corrected chi connectivity index (χ2v) is 4.81. The molecule has 102 valence electrons. The molecule has 4 nitrogen and oxygen atoms in total. The van der Waals surface area contributed by atoms with Gasteiger partial charge in [0.15, 0.2) is 0 Å². The number of nitrogens with zero attached hydrogens (tertiary/aromatic N) is 2. The van der Waals surface area contributed by atoms with E-state index in [2.05, 4.69) is 11.1 Å². The van der Waals surface area contributed by atoms with Crippen LogP contribution in [-0.4, -0.2) is 5.84 Å². The molecule has 1 atom stereocenters. The third-order valence-electron chi connectivity index (χ3n) is 3.31. The van der Waals surface area contributed by atoms with Gasteiger partial charge in [-0.2, -0.15) is 5.26 Å². The van der Waals surface area contributed by atoms with Gasteiger partial charge in [-0.15, -0.1) is 0 Å². The first-order valence-electron chi connectivity index (χ1n) is 6.27. The highest BCUT2D eigenvalue weighted by atomic mass is 35.5. The average Bonchev–Trinajstić information content (AvgIpc) is 2.46. The van der Waals surface area contributed by atoms with E-state index in [9.17, 15) is 5.26 Å². The molecule has 4 N–H and O–H groups in total. The number of rotatable bonds is 2. The van der Waals surface area contributed by atoms with Gasteiger partial charge < -0.3 is 11.5 Å². The smallest absolute Gasteiger partial charge is 0.129 e. The molecule has 0 aliphatic carbocycles. The highest BCUT2D eigenvalue weighted by Crippen LogP contribution is 2.40. The summed E-state index contributed by atoms with van der Waals surface area (Å²) in [6.07, 6.45) is 2.03. The molecular formula is C15H15ClN4. The Bertz CT molecular complexity index is 665. The minimum Gasteiger partial charge on any atom is -0.404 e. The van der Waals surface area contributed by atoms with E-state index >= 15 is 0 Å². The lowest BCUT2D eigenvalue weighted by Gasteiger charge is -2.26. The number of allylic oxidation sites excluding steroid dienone is 2. The van der Waals surface area contributed by atoms with Crippen molar-refractivity contribution in [2.75, 3.05) is 0 Å². The highest BCUT2D eigenvalue weighted by molar-refractivity contribution is 6.31. The predicted octanol–water partition coefficient (Wildman–Crippen LogP) is 2.82. The number of benzene rings is 1. The first-order chi connectivity index (χ1) is 9.63. The molecule has 1 aliphatic rings. The van der Waals surface area contributed by atoms with Crippen molar-refractivity contribution in [3.05, 3.63) is 57.9 Å². The fourth-order valence-corrected chi connectivity index (χ4v) is 2.60. The van der Waals surface area contributed by atoms with Gasteiger partial charge in [-0.3, -0.25) is 0 Å². The number of aliphatic imine (C=N–C) groups is 1. The monoisotopic (exact) mass is 286 g/mol. The first kappa shape index (κ1) is 14.2. The van der Waals surface area contributed by atoms with Crippen LogP contribution in [0.5, 0.6) is 0 Å². The molecule has 1 aromatic rings. The molecule has 20 heavy (non-hydrogen) atoms. The first-order valence-corrected chi connectivity index (χ1v) is 6.65. The van der Waals surface area contributed by atoms with Crippen LogP contribution in [0, 0.1) is 11.3 Å². The Morgan fingerprint density at radius 2 is 2.15 bits per heavy atom. The van der Waals surface area contributed by atoms with Gasteiger partial charge in [0.2, 0.25) is 0 Å². The highest BCUT2D eigenvalue weighted by Gasteiger charge is 2.31. The molecule has 0 bridgehead atoms. The van der Waals surface area contributed by atoms with E-state index in [0.29, 0.717) is 34.1 Å². The topological polar surface area (TPSA) is 88.2 Å². The van der Waals surface area contributed by atoms with Crippen LogP contribution < -0.4 is 11.5 Å². The van der Waals surface area contributed by atoms with E-state index < -0.39 is 0 Å². The van der Waals surface area contributed by atoms with Crippen molar-refractivity contribution in [3.63, 3.8) is 0 Å². The summed E-state index contributed by atoms with van der Waals surface area (Å²) < 4.78 is 0. The number of hydrogen-bond acceptors (Lipinski definition) is 4. The van der Waals surface area contributed by atoms with Gasteiger partial charge in [0.25, 0.3) is 0 Å². The second kappa shape index (κ2) is 5.81. The Kier molecular flexibility index (Phi) is 4.11. The van der Waals surface area contributed by atoms with E-state index in [4.69, 9.17) is 23.1 Å².